The third-order valence-corrected chi connectivity index (χ3v) is 3.87. The maximum absolute atomic E-state index is 11.7. The molecule has 2 heterocycles. The molecule has 0 aliphatic rings. The normalized spacial score (nSPS) is 10.4. The fourth-order valence-electron chi connectivity index (χ4n) is 1.87. The number of hydrogen-bond donors (Lipinski definition) is 1. The molecule has 6 nitrogen and oxygen atoms in total. The van der Waals surface area contributed by atoms with Crippen LogP contribution in [0.25, 0.3) is 11.4 Å². The molecule has 2 aromatic heterocycles. The number of rotatable bonds is 8. The summed E-state index contributed by atoms with van der Waals surface area (Å²) in [5, 5.41) is 11.8. The van der Waals surface area contributed by atoms with Gasteiger partial charge in [-0.05, 0) is 13.0 Å². The van der Waals surface area contributed by atoms with E-state index in [1.165, 1.54) is 11.8 Å². The highest BCUT2D eigenvalue weighted by atomic mass is 32.2. The summed E-state index contributed by atoms with van der Waals surface area (Å²) in [6.07, 6.45) is 5.03. The van der Waals surface area contributed by atoms with Crippen molar-refractivity contribution in [3.8, 4) is 11.4 Å². The number of carbonyl (C=O) groups excluding carboxylic acids is 1. The summed E-state index contributed by atoms with van der Waals surface area (Å²) in [5.74, 6) is 1.69. The van der Waals surface area contributed by atoms with Crippen molar-refractivity contribution in [1.29, 1.82) is 0 Å². The quantitative estimate of drug-likeness (QED) is 0.598. The van der Waals surface area contributed by atoms with Crippen LogP contribution in [0.15, 0.2) is 47.2 Å². The van der Waals surface area contributed by atoms with Crippen LogP contribution in [0.5, 0.6) is 0 Å². The Balaban J connectivity index is 2.17. The van der Waals surface area contributed by atoms with Crippen LogP contribution in [0.1, 0.15) is 5.76 Å². The van der Waals surface area contributed by atoms with E-state index in [1.807, 2.05) is 17.6 Å². The highest BCUT2D eigenvalue weighted by Crippen LogP contribution is 2.26. The number of aromatic nitrogens is 3. The van der Waals surface area contributed by atoms with Crippen LogP contribution in [0.4, 0.5) is 0 Å². The SMILES string of the molecule is C=CCNC(=O)CSc1nnc(-c2ccoc2C)n1CC=C. The molecule has 0 bridgehead atoms. The molecular weight excluding hydrogens is 300 g/mol. The largest absolute Gasteiger partial charge is 0.469 e. The number of allylic oxidation sites excluding steroid dienone is 1. The van der Waals surface area contributed by atoms with E-state index < -0.39 is 0 Å². The number of amides is 1. The van der Waals surface area contributed by atoms with Gasteiger partial charge in [-0.15, -0.1) is 23.4 Å². The van der Waals surface area contributed by atoms with Crippen molar-refractivity contribution in [3.05, 3.63) is 43.4 Å². The lowest BCUT2D eigenvalue weighted by Crippen LogP contribution is -2.25. The van der Waals surface area contributed by atoms with Crippen LogP contribution >= 0.6 is 11.8 Å². The average Bonchev–Trinajstić information content (AvgIpc) is 3.09. The standard InChI is InChI=1S/C15H18N4O2S/c1-4-7-16-13(20)10-22-15-18-17-14(19(15)8-5-2)12-6-9-21-11(12)3/h4-6,9H,1-2,7-8,10H2,3H3,(H,16,20). The van der Waals surface area contributed by atoms with E-state index in [0.29, 0.717) is 24.1 Å². The first-order valence-corrected chi connectivity index (χ1v) is 7.75. The van der Waals surface area contributed by atoms with Crippen molar-refractivity contribution < 1.29 is 9.21 Å². The van der Waals surface area contributed by atoms with E-state index >= 15 is 0 Å². The number of furan rings is 1. The molecule has 2 aromatic rings. The van der Waals surface area contributed by atoms with Crippen LogP contribution in [0.3, 0.4) is 0 Å². The minimum Gasteiger partial charge on any atom is -0.469 e. The molecule has 7 heteroatoms. The molecule has 0 aliphatic carbocycles. The van der Waals surface area contributed by atoms with E-state index in [-0.39, 0.29) is 11.7 Å². The molecule has 1 N–H and O–H groups in total. The first kappa shape index (κ1) is 16.1. The van der Waals surface area contributed by atoms with Gasteiger partial charge >= 0.3 is 0 Å². The lowest BCUT2D eigenvalue weighted by Gasteiger charge is -2.07. The van der Waals surface area contributed by atoms with Crippen molar-refractivity contribution in [2.75, 3.05) is 12.3 Å². The van der Waals surface area contributed by atoms with Crippen LogP contribution in [-0.2, 0) is 11.3 Å². The van der Waals surface area contributed by atoms with Crippen LogP contribution in [-0.4, -0.2) is 33.0 Å². The van der Waals surface area contributed by atoms with Crippen LogP contribution < -0.4 is 5.32 Å². The van der Waals surface area contributed by atoms with Gasteiger partial charge in [0.1, 0.15) is 5.76 Å². The predicted molar refractivity (Wildman–Crippen MR) is 86.6 cm³/mol. The molecule has 0 unspecified atom stereocenters. The smallest absolute Gasteiger partial charge is 0.230 e. The summed E-state index contributed by atoms with van der Waals surface area (Å²) < 4.78 is 7.23. The molecule has 0 atom stereocenters. The predicted octanol–water partition coefficient (Wildman–Crippen LogP) is 2.43. The molecule has 2 rings (SSSR count). The summed E-state index contributed by atoms with van der Waals surface area (Å²) in [6.45, 7) is 10.2. The fraction of sp³-hybridized carbons (Fsp3) is 0.267. The molecule has 0 saturated heterocycles. The van der Waals surface area contributed by atoms with Crippen molar-refractivity contribution in [2.45, 2.75) is 18.6 Å². The monoisotopic (exact) mass is 318 g/mol. The summed E-state index contributed by atoms with van der Waals surface area (Å²) in [7, 11) is 0. The topological polar surface area (TPSA) is 73.0 Å². The molecule has 0 spiro atoms. The zero-order valence-electron chi connectivity index (χ0n) is 12.4. The summed E-state index contributed by atoms with van der Waals surface area (Å²) in [5.41, 5.74) is 0.886. The number of nitrogens with one attached hydrogen (secondary N) is 1. The van der Waals surface area contributed by atoms with E-state index in [1.54, 1.807) is 18.4 Å². The van der Waals surface area contributed by atoms with E-state index in [9.17, 15) is 4.79 Å². The molecular formula is C15H18N4O2S. The number of nitrogens with zero attached hydrogens (tertiary/aromatic N) is 3. The Bertz CT molecular complexity index is 675. The molecule has 1 amide bonds. The first-order valence-electron chi connectivity index (χ1n) is 6.76. The van der Waals surface area contributed by atoms with Gasteiger partial charge in [-0.25, -0.2) is 0 Å². The molecule has 0 aliphatic heterocycles. The van der Waals surface area contributed by atoms with Gasteiger partial charge in [0, 0.05) is 13.1 Å². The summed E-state index contributed by atoms with van der Waals surface area (Å²) in [6, 6.07) is 1.85. The first-order chi connectivity index (χ1) is 10.7. The van der Waals surface area contributed by atoms with Crippen molar-refractivity contribution in [2.24, 2.45) is 0 Å². The second-order valence-corrected chi connectivity index (χ2v) is 5.42. The lowest BCUT2D eigenvalue weighted by atomic mass is 10.2. The maximum Gasteiger partial charge on any atom is 0.230 e. The lowest BCUT2D eigenvalue weighted by molar-refractivity contribution is -0.118. The van der Waals surface area contributed by atoms with Crippen molar-refractivity contribution in [3.63, 3.8) is 0 Å². The highest BCUT2D eigenvalue weighted by Gasteiger charge is 2.17. The van der Waals surface area contributed by atoms with E-state index in [2.05, 4.69) is 28.7 Å². The molecule has 0 aromatic carbocycles. The Morgan fingerprint density at radius 3 is 2.91 bits per heavy atom. The van der Waals surface area contributed by atoms with Crippen LogP contribution in [0.2, 0.25) is 0 Å². The Morgan fingerprint density at radius 2 is 2.27 bits per heavy atom. The number of carbonyl (C=O) groups is 1. The Labute approximate surface area is 133 Å². The number of hydrogen-bond acceptors (Lipinski definition) is 5. The Morgan fingerprint density at radius 1 is 1.45 bits per heavy atom. The van der Waals surface area contributed by atoms with Gasteiger partial charge in [-0.1, -0.05) is 23.9 Å². The minimum atomic E-state index is -0.0703. The molecule has 0 radical (unpaired) electrons. The summed E-state index contributed by atoms with van der Waals surface area (Å²) in [4.78, 5) is 11.7. The Hall–Kier alpha value is -2.28. The van der Waals surface area contributed by atoms with Gasteiger partial charge in [0.2, 0.25) is 5.91 Å². The second kappa shape index (κ2) is 7.65. The highest BCUT2D eigenvalue weighted by molar-refractivity contribution is 7.99. The average molecular weight is 318 g/mol. The van der Waals surface area contributed by atoms with Crippen LogP contribution in [0, 0.1) is 6.92 Å². The van der Waals surface area contributed by atoms with Gasteiger partial charge < -0.3 is 9.73 Å². The third kappa shape index (κ3) is 3.67. The number of thioether (sulfide) groups is 1. The molecule has 22 heavy (non-hydrogen) atoms. The van der Waals surface area contributed by atoms with E-state index in [0.717, 1.165) is 11.3 Å². The maximum atomic E-state index is 11.7. The van der Waals surface area contributed by atoms with Gasteiger partial charge in [0.15, 0.2) is 11.0 Å². The zero-order valence-corrected chi connectivity index (χ0v) is 13.2. The zero-order chi connectivity index (χ0) is 15.9. The van der Waals surface area contributed by atoms with Gasteiger partial charge in [-0.3, -0.25) is 9.36 Å². The minimum absolute atomic E-state index is 0.0703. The fourth-order valence-corrected chi connectivity index (χ4v) is 2.65. The second-order valence-electron chi connectivity index (χ2n) is 4.48. The molecule has 0 fully saturated rings. The third-order valence-electron chi connectivity index (χ3n) is 2.90. The van der Waals surface area contributed by atoms with Crippen molar-refractivity contribution >= 4 is 17.7 Å². The van der Waals surface area contributed by atoms with Gasteiger partial charge in [0.25, 0.3) is 0 Å². The summed E-state index contributed by atoms with van der Waals surface area (Å²) >= 11 is 1.33. The Kier molecular flexibility index (Phi) is 5.60. The van der Waals surface area contributed by atoms with Gasteiger partial charge in [-0.2, -0.15) is 0 Å². The molecule has 0 saturated carbocycles. The van der Waals surface area contributed by atoms with E-state index in [4.69, 9.17) is 4.42 Å². The van der Waals surface area contributed by atoms with Crippen molar-refractivity contribution in [1.82, 2.24) is 20.1 Å². The number of aryl methyl sites for hydroxylation is 1. The van der Waals surface area contributed by atoms with Gasteiger partial charge in [0.05, 0.1) is 17.6 Å². The molecule has 116 valence electrons.